The number of nitrogens with one attached hydrogen (secondary N) is 1. The van der Waals surface area contributed by atoms with E-state index >= 15 is 0 Å². The van der Waals surface area contributed by atoms with Crippen LogP contribution in [0.2, 0.25) is 0 Å². The molecular formula is C13H19N3O3. The Bertz CT molecular complexity index is 458. The van der Waals surface area contributed by atoms with E-state index in [0.717, 1.165) is 6.42 Å². The van der Waals surface area contributed by atoms with Crippen LogP contribution >= 0.6 is 0 Å². The Hall–Kier alpha value is -2.11. The lowest BCUT2D eigenvalue weighted by Crippen LogP contribution is -2.14. The summed E-state index contributed by atoms with van der Waals surface area (Å²) in [6, 6.07) is 5.20. The minimum Gasteiger partial charge on any atom is -0.477 e. The molecule has 0 fully saturated rings. The van der Waals surface area contributed by atoms with Crippen LogP contribution in [-0.2, 0) is 4.79 Å². The second kappa shape index (κ2) is 7.35. The van der Waals surface area contributed by atoms with E-state index in [0.29, 0.717) is 18.1 Å². The molecule has 0 amide bonds. The number of pyridine rings is 1. The summed E-state index contributed by atoms with van der Waals surface area (Å²) in [5.74, 6) is -0.0977. The molecule has 0 unspecified atom stereocenters. The van der Waals surface area contributed by atoms with Crippen molar-refractivity contribution in [1.82, 2.24) is 4.98 Å². The van der Waals surface area contributed by atoms with Gasteiger partial charge in [0.2, 0.25) is 5.88 Å². The van der Waals surface area contributed by atoms with Gasteiger partial charge in [0.15, 0.2) is 0 Å². The molecule has 0 radical (unpaired) electrons. The van der Waals surface area contributed by atoms with Crippen LogP contribution in [-0.4, -0.2) is 27.9 Å². The lowest BCUT2D eigenvalue weighted by atomic mass is 10.2. The zero-order chi connectivity index (χ0) is 14.3. The predicted molar refractivity (Wildman–Crippen MR) is 73.6 cm³/mol. The van der Waals surface area contributed by atoms with Gasteiger partial charge in [-0.3, -0.25) is 5.43 Å². The van der Waals surface area contributed by atoms with Crippen molar-refractivity contribution >= 4 is 17.5 Å². The van der Waals surface area contributed by atoms with Gasteiger partial charge in [-0.15, -0.1) is 0 Å². The largest absolute Gasteiger partial charge is 0.477 e. The SMILES string of the molecule is CCC/C(=N\Nc1cccc(OC(C)C)n1)C(=O)O. The normalized spacial score (nSPS) is 11.5. The second-order valence-electron chi connectivity index (χ2n) is 4.25. The van der Waals surface area contributed by atoms with Gasteiger partial charge in [-0.25, -0.2) is 4.79 Å². The Labute approximate surface area is 112 Å². The van der Waals surface area contributed by atoms with Crippen LogP contribution in [0.15, 0.2) is 23.3 Å². The van der Waals surface area contributed by atoms with Crippen LogP contribution in [0.3, 0.4) is 0 Å². The lowest BCUT2D eigenvalue weighted by molar-refractivity contribution is -0.129. The van der Waals surface area contributed by atoms with Gasteiger partial charge in [0, 0.05) is 6.07 Å². The van der Waals surface area contributed by atoms with Gasteiger partial charge < -0.3 is 9.84 Å². The summed E-state index contributed by atoms with van der Waals surface area (Å²) >= 11 is 0. The molecule has 0 saturated heterocycles. The highest BCUT2D eigenvalue weighted by molar-refractivity contribution is 6.35. The van der Waals surface area contributed by atoms with Crippen molar-refractivity contribution in [3.05, 3.63) is 18.2 Å². The average molecular weight is 265 g/mol. The first-order valence-corrected chi connectivity index (χ1v) is 6.22. The first kappa shape index (κ1) is 14.9. The molecular weight excluding hydrogens is 246 g/mol. The molecule has 104 valence electrons. The maximum absolute atomic E-state index is 10.9. The van der Waals surface area contributed by atoms with Crippen LogP contribution in [0.25, 0.3) is 0 Å². The monoisotopic (exact) mass is 265 g/mol. The Morgan fingerprint density at radius 1 is 1.53 bits per heavy atom. The van der Waals surface area contributed by atoms with Crippen LogP contribution in [0, 0.1) is 0 Å². The Morgan fingerprint density at radius 2 is 2.26 bits per heavy atom. The fraction of sp³-hybridized carbons (Fsp3) is 0.462. The minimum atomic E-state index is -1.02. The summed E-state index contributed by atoms with van der Waals surface area (Å²) in [4.78, 5) is 15.1. The zero-order valence-corrected chi connectivity index (χ0v) is 11.4. The minimum absolute atomic E-state index is 0.0286. The summed E-state index contributed by atoms with van der Waals surface area (Å²) in [6.07, 6.45) is 1.15. The average Bonchev–Trinajstić information content (AvgIpc) is 2.33. The van der Waals surface area contributed by atoms with E-state index in [4.69, 9.17) is 9.84 Å². The molecule has 0 aliphatic rings. The smallest absolute Gasteiger partial charge is 0.352 e. The first-order chi connectivity index (χ1) is 9.02. The first-order valence-electron chi connectivity index (χ1n) is 6.22. The number of anilines is 1. The van der Waals surface area contributed by atoms with E-state index in [-0.39, 0.29) is 11.8 Å². The highest BCUT2D eigenvalue weighted by Crippen LogP contribution is 2.13. The van der Waals surface area contributed by atoms with Crippen molar-refractivity contribution in [1.29, 1.82) is 0 Å². The third-order valence-corrected chi connectivity index (χ3v) is 2.12. The number of carboxylic acids is 1. The second-order valence-corrected chi connectivity index (χ2v) is 4.25. The number of hydrogen-bond acceptors (Lipinski definition) is 5. The fourth-order valence-corrected chi connectivity index (χ4v) is 1.36. The summed E-state index contributed by atoms with van der Waals surface area (Å²) in [7, 11) is 0. The van der Waals surface area contributed by atoms with Gasteiger partial charge in [0.1, 0.15) is 11.5 Å². The van der Waals surface area contributed by atoms with Crippen molar-refractivity contribution in [2.24, 2.45) is 5.10 Å². The maximum Gasteiger partial charge on any atom is 0.352 e. The molecule has 0 aliphatic heterocycles. The summed E-state index contributed by atoms with van der Waals surface area (Å²) in [6.45, 7) is 5.71. The molecule has 1 aromatic heterocycles. The Morgan fingerprint density at radius 3 is 2.84 bits per heavy atom. The van der Waals surface area contributed by atoms with E-state index in [1.807, 2.05) is 20.8 Å². The summed E-state index contributed by atoms with van der Waals surface area (Å²) in [5, 5.41) is 12.8. The van der Waals surface area contributed by atoms with Crippen molar-refractivity contribution in [3.63, 3.8) is 0 Å². The highest BCUT2D eigenvalue weighted by atomic mass is 16.5. The molecule has 0 bridgehead atoms. The number of ether oxygens (including phenoxy) is 1. The molecule has 0 spiro atoms. The van der Waals surface area contributed by atoms with E-state index < -0.39 is 5.97 Å². The number of rotatable bonds is 7. The molecule has 19 heavy (non-hydrogen) atoms. The summed E-state index contributed by atoms with van der Waals surface area (Å²) < 4.78 is 5.44. The summed E-state index contributed by atoms with van der Waals surface area (Å²) in [5.41, 5.74) is 2.72. The molecule has 6 nitrogen and oxygen atoms in total. The molecule has 0 saturated carbocycles. The number of aromatic nitrogens is 1. The molecule has 0 aliphatic carbocycles. The van der Waals surface area contributed by atoms with Gasteiger partial charge in [0.25, 0.3) is 0 Å². The van der Waals surface area contributed by atoms with Crippen LogP contribution in [0.4, 0.5) is 5.82 Å². The quantitative estimate of drug-likeness (QED) is 0.584. The number of carbonyl (C=O) groups is 1. The Balaban J connectivity index is 2.75. The molecule has 2 N–H and O–H groups in total. The van der Waals surface area contributed by atoms with Crippen LogP contribution in [0.1, 0.15) is 33.6 Å². The van der Waals surface area contributed by atoms with E-state index in [1.165, 1.54) is 0 Å². The van der Waals surface area contributed by atoms with E-state index in [9.17, 15) is 4.79 Å². The molecule has 1 aromatic rings. The lowest BCUT2D eigenvalue weighted by Gasteiger charge is -2.09. The molecule has 1 rings (SSSR count). The van der Waals surface area contributed by atoms with Gasteiger partial charge in [-0.1, -0.05) is 19.4 Å². The molecule has 0 atom stereocenters. The molecule has 0 aromatic carbocycles. The third-order valence-electron chi connectivity index (χ3n) is 2.12. The van der Waals surface area contributed by atoms with Crippen molar-refractivity contribution < 1.29 is 14.6 Å². The van der Waals surface area contributed by atoms with Gasteiger partial charge >= 0.3 is 5.97 Å². The van der Waals surface area contributed by atoms with E-state index in [1.54, 1.807) is 18.2 Å². The molecule has 6 heteroatoms. The van der Waals surface area contributed by atoms with Gasteiger partial charge in [0.05, 0.1) is 6.10 Å². The van der Waals surface area contributed by atoms with Crippen LogP contribution in [0.5, 0.6) is 5.88 Å². The molecule has 1 heterocycles. The number of hydrazone groups is 1. The number of nitrogens with zero attached hydrogens (tertiary/aromatic N) is 2. The predicted octanol–water partition coefficient (Wildman–Crippen LogP) is 2.52. The van der Waals surface area contributed by atoms with E-state index in [2.05, 4.69) is 15.5 Å². The Kier molecular flexibility index (Phi) is 5.78. The fourth-order valence-electron chi connectivity index (χ4n) is 1.36. The van der Waals surface area contributed by atoms with Crippen LogP contribution < -0.4 is 10.2 Å². The highest BCUT2D eigenvalue weighted by Gasteiger charge is 2.08. The third kappa shape index (κ3) is 5.37. The zero-order valence-electron chi connectivity index (χ0n) is 11.4. The number of carboxylic acid groups (broad SMARTS) is 1. The van der Waals surface area contributed by atoms with Gasteiger partial charge in [-0.05, 0) is 26.3 Å². The van der Waals surface area contributed by atoms with Crippen molar-refractivity contribution in [2.45, 2.75) is 39.7 Å². The number of aliphatic carboxylic acids is 1. The number of hydrogen-bond donors (Lipinski definition) is 2. The van der Waals surface area contributed by atoms with Crippen molar-refractivity contribution in [3.8, 4) is 5.88 Å². The van der Waals surface area contributed by atoms with Gasteiger partial charge in [-0.2, -0.15) is 10.1 Å². The van der Waals surface area contributed by atoms with Crippen molar-refractivity contribution in [2.75, 3.05) is 5.43 Å². The maximum atomic E-state index is 10.9. The topological polar surface area (TPSA) is 83.8 Å². The standard InChI is InChI=1S/C13H19N3O3/c1-4-6-10(13(17)18)15-16-11-7-5-8-12(14-11)19-9(2)3/h5,7-9H,4,6H2,1-3H3,(H,14,16)(H,17,18)/b15-10+.